The van der Waals surface area contributed by atoms with Crippen molar-refractivity contribution in [3.63, 3.8) is 0 Å². The quantitative estimate of drug-likeness (QED) is 0.933. The van der Waals surface area contributed by atoms with Gasteiger partial charge >= 0.3 is 0 Å². The lowest BCUT2D eigenvalue weighted by Gasteiger charge is -2.30. The lowest BCUT2D eigenvalue weighted by Crippen LogP contribution is -2.35. The molecule has 1 atom stereocenters. The zero-order valence-electron chi connectivity index (χ0n) is 13.0. The van der Waals surface area contributed by atoms with Gasteiger partial charge in [0.2, 0.25) is 5.95 Å². The van der Waals surface area contributed by atoms with E-state index in [0.717, 1.165) is 19.5 Å². The van der Waals surface area contributed by atoms with Gasteiger partial charge in [-0.15, -0.1) is 0 Å². The highest BCUT2D eigenvalue weighted by Crippen LogP contribution is 2.22. The van der Waals surface area contributed by atoms with Crippen LogP contribution in [0.25, 0.3) is 0 Å². The number of hydrogen-bond acceptors (Lipinski definition) is 4. The van der Waals surface area contributed by atoms with E-state index in [1.165, 1.54) is 6.42 Å². The molecule has 3 rings (SSSR count). The first-order valence-electron chi connectivity index (χ1n) is 7.77. The van der Waals surface area contributed by atoms with Crippen LogP contribution in [0.5, 0.6) is 0 Å². The minimum Gasteiger partial charge on any atom is -0.341 e. The van der Waals surface area contributed by atoms with Crippen molar-refractivity contribution < 1.29 is 4.79 Å². The maximum Gasteiger partial charge on any atom is 0.274 e. The molecule has 1 amide bonds. The van der Waals surface area contributed by atoms with Crippen LogP contribution < -0.4 is 10.2 Å². The lowest BCUT2D eigenvalue weighted by molar-refractivity contribution is 0.102. The van der Waals surface area contributed by atoms with Crippen LogP contribution in [0.4, 0.5) is 11.6 Å². The van der Waals surface area contributed by atoms with Gasteiger partial charge in [-0.25, -0.2) is 9.97 Å². The van der Waals surface area contributed by atoms with Crippen molar-refractivity contribution in [1.29, 1.82) is 0 Å². The number of halogens is 1. The summed E-state index contributed by atoms with van der Waals surface area (Å²) < 4.78 is 0. The zero-order chi connectivity index (χ0) is 16.2. The predicted molar refractivity (Wildman–Crippen MR) is 92.0 cm³/mol. The van der Waals surface area contributed by atoms with E-state index in [1.807, 2.05) is 12.1 Å². The maximum absolute atomic E-state index is 12.4. The molecule has 2 heterocycles. The average Bonchev–Trinajstić information content (AvgIpc) is 2.57. The summed E-state index contributed by atoms with van der Waals surface area (Å²) in [6, 6.07) is 8.75. The minimum atomic E-state index is -0.285. The predicted octanol–water partition coefficient (Wildman–Crippen LogP) is 3.62. The molecule has 1 unspecified atom stereocenters. The molecule has 0 saturated carbocycles. The van der Waals surface area contributed by atoms with E-state index in [9.17, 15) is 4.79 Å². The van der Waals surface area contributed by atoms with E-state index in [2.05, 4.69) is 27.1 Å². The Labute approximate surface area is 140 Å². The van der Waals surface area contributed by atoms with Crippen LogP contribution in [0, 0.1) is 5.92 Å². The monoisotopic (exact) mass is 330 g/mol. The number of carbonyl (C=O) groups excluding carboxylic acids is 1. The Morgan fingerprint density at radius 2 is 2.17 bits per heavy atom. The molecule has 120 valence electrons. The third-order valence-electron chi connectivity index (χ3n) is 3.94. The number of benzene rings is 1. The summed E-state index contributed by atoms with van der Waals surface area (Å²) in [7, 11) is 0. The Morgan fingerprint density at radius 3 is 2.96 bits per heavy atom. The van der Waals surface area contributed by atoms with E-state index in [-0.39, 0.29) is 5.91 Å². The fraction of sp³-hybridized carbons (Fsp3) is 0.353. The Bertz CT molecular complexity index is 706. The van der Waals surface area contributed by atoms with Crippen molar-refractivity contribution in [3.05, 3.63) is 47.2 Å². The van der Waals surface area contributed by atoms with Crippen LogP contribution in [-0.4, -0.2) is 29.0 Å². The molecule has 0 radical (unpaired) electrons. The highest BCUT2D eigenvalue weighted by atomic mass is 35.5. The van der Waals surface area contributed by atoms with Gasteiger partial charge < -0.3 is 10.2 Å². The molecule has 1 aromatic carbocycles. The van der Waals surface area contributed by atoms with Crippen LogP contribution in [0.15, 0.2) is 36.5 Å². The number of amides is 1. The zero-order valence-corrected chi connectivity index (χ0v) is 13.8. The third kappa shape index (κ3) is 3.79. The first kappa shape index (κ1) is 15.7. The van der Waals surface area contributed by atoms with Crippen molar-refractivity contribution in [2.45, 2.75) is 19.8 Å². The molecule has 1 aromatic heterocycles. The molecule has 1 aliphatic heterocycles. The second-order valence-corrected chi connectivity index (χ2v) is 6.28. The number of rotatable bonds is 3. The van der Waals surface area contributed by atoms with Gasteiger partial charge in [0.15, 0.2) is 0 Å². The van der Waals surface area contributed by atoms with E-state index in [0.29, 0.717) is 28.3 Å². The minimum absolute atomic E-state index is 0.285. The molecule has 0 bridgehead atoms. The van der Waals surface area contributed by atoms with Crippen LogP contribution in [0.2, 0.25) is 5.02 Å². The van der Waals surface area contributed by atoms with E-state index >= 15 is 0 Å². The SMILES string of the molecule is CC1CCCN(c2nccc(C(=O)Nc3ccccc3Cl)n2)C1. The van der Waals surface area contributed by atoms with E-state index < -0.39 is 0 Å². The largest absolute Gasteiger partial charge is 0.341 e. The first-order chi connectivity index (χ1) is 11.1. The van der Waals surface area contributed by atoms with Crippen LogP contribution >= 0.6 is 11.6 Å². The lowest BCUT2D eigenvalue weighted by atomic mass is 10.0. The summed E-state index contributed by atoms with van der Waals surface area (Å²) in [6.45, 7) is 4.08. The second-order valence-electron chi connectivity index (χ2n) is 5.87. The van der Waals surface area contributed by atoms with E-state index in [4.69, 9.17) is 11.6 Å². The van der Waals surface area contributed by atoms with Gasteiger partial charge in [0.25, 0.3) is 5.91 Å². The van der Waals surface area contributed by atoms with Crippen molar-refractivity contribution in [3.8, 4) is 0 Å². The number of piperidine rings is 1. The first-order valence-corrected chi connectivity index (χ1v) is 8.15. The van der Waals surface area contributed by atoms with Crippen LogP contribution in [0.1, 0.15) is 30.3 Å². The topological polar surface area (TPSA) is 58.1 Å². The molecular weight excluding hydrogens is 312 g/mol. The molecule has 6 heteroatoms. The summed E-state index contributed by atoms with van der Waals surface area (Å²) in [5.41, 5.74) is 0.916. The van der Waals surface area contributed by atoms with Gasteiger partial charge in [-0.1, -0.05) is 30.7 Å². The summed E-state index contributed by atoms with van der Waals surface area (Å²) in [5, 5.41) is 3.29. The van der Waals surface area contributed by atoms with Crippen LogP contribution in [-0.2, 0) is 0 Å². The Kier molecular flexibility index (Phi) is 4.76. The maximum atomic E-state index is 12.4. The van der Waals surface area contributed by atoms with E-state index in [1.54, 1.807) is 24.4 Å². The number of carbonyl (C=O) groups is 1. The summed E-state index contributed by atoms with van der Waals surface area (Å²) in [6.07, 6.45) is 3.98. The number of nitrogens with one attached hydrogen (secondary N) is 1. The molecule has 5 nitrogen and oxygen atoms in total. The average molecular weight is 331 g/mol. The molecule has 1 aliphatic rings. The molecule has 1 saturated heterocycles. The molecule has 0 spiro atoms. The smallest absolute Gasteiger partial charge is 0.274 e. The van der Waals surface area contributed by atoms with Gasteiger partial charge in [-0.05, 0) is 37.0 Å². The molecule has 0 aliphatic carbocycles. The third-order valence-corrected chi connectivity index (χ3v) is 4.27. The second kappa shape index (κ2) is 6.96. The fourth-order valence-corrected chi connectivity index (χ4v) is 2.93. The van der Waals surface area contributed by atoms with Gasteiger partial charge in [0, 0.05) is 19.3 Å². The Morgan fingerprint density at radius 1 is 1.35 bits per heavy atom. The number of aromatic nitrogens is 2. The number of hydrogen-bond donors (Lipinski definition) is 1. The van der Waals surface area contributed by atoms with Crippen molar-refractivity contribution >= 4 is 29.1 Å². The van der Waals surface area contributed by atoms with Gasteiger partial charge in [0.1, 0.15) is 5.69 Å². The highest BCUT2D eigenvalue weighted by molar-refractivity contribution is 6.33. The summed E-state index contributed by atoms with van der Waals surface area (Å²) in [4.78, 5) is 23.3. The molecule has 23 heavy (non-hydrogen) atoms. The highest BCUT2D eigenvalue weighted by Gasteiger charge is 2.20. The standard InChI is InChI=1S/C17H19ClN4O/c1-12-5-4-10-22(11-12)17-19-9-8-15(21-17)16(23)20-14-7-3-2-6-13(14)18/h2-3,6-9,12H,4-5,10-11H2,1H3,(H,20,23). The van der Waals surface area contributed by atoms with Crippen molar-refractivity contribution in [1.82, 2.24) is 9.97 Å². The van der Waals surface area contributed by atoms with Crippen molar-refractivity contribution in [2.75, 3.05) is 23.3 Å². The Hall–Kier alpha value is -2.14. The molecular formula is C17H19ClN4O. The molecule has 2 aromatic rings. The number of anilines is 2. The Balaban J connectivity index is 1.76. The normalized spacial score (nSPS) is 17.8. The fourth-order valence-electron chi connectivity index (χ4n) is 2.75. The summed E-state index contributed by atoms with van der Waals surface area (Å²) in [5.74, 6) is 0.947. The van der Waals surface area contributed by atoms with Gasteiger partial charge in [0.05, 0.1) is 10.7 Å². The van der Waals surface area contributed by atoms with Crippen LogP contribution in [0.3, 0.4) is 0 Å². The number of para-hydroxylation sites is 1. The van der Waals surface area contributed by atoms with Gasteiger partial charge in [-0.3, -0.25) is 4.79 Å². The van der Waals surface area contributed by atoms with Gasteiger partial charge in [-0.2, -0.15) is 0 Å². The molecule has 1 fully saturated rings. The summed E-state index contributed by atoms with van der Waals surface area (Å²) >= 11 is 6.07. The molecule has 1 N–H and O–H groups in total. The van der Waals surface area contributed by atoms with Crippen molar-refractivity contribution in [2.24, 2.45) is 5.92 Å². The number of nitrogens with zero attached hydrogens (tertiary/aromatic N) is 3.